The number of hydrogen-bond acceptors (Lipinski definition) is 3. The summed E-state index contributed by atoms with van der Waals surface area (Å²) in [4.78, 5) is 12.2. The molecule has 1 aromatic carbocycles. The molecule has 5 heteroatoms. The van der Waals surface area contributed by atoms with E-state index in [2.05, 4.69) is 30.3 Å². The van der Waals surface area contributed by atoms with E-state index in [1.165, 1.54) is 5.56 Å². The summed E-state index contributed by atoms with van der Waals surface area (Å²) in [6.07, 6.45) is 1.51. The molecule has 2 rings (SSSR count). The Morgan fingerprint density at radius 1 is 1.28 bits per heavy atom. The molecule has 25 heavy (non-hydrogen) atoms. The zero-order valence-corrected chi connectivity index (χ0v) is 15.5. The summed E-state index contributed by atoms with van der Waals surface area (Å²) in [5.41, 5.74) is 5.16. The summed E-state index contributed by atoms with van der Waals surface area (Å²) in [6, 6.07) is 10.1. The molecule has 0 aliphatic heterocycles. The van der Waals surface area contributed by atoms with Crippen molar-refractivity contribution >= 4 is 11.6 Å². The number of nitrogens with zero attached hydrogens (tertiary/aromatic N) is 3. The van der Waals surface area contributed by atoms with Crippen LogP contribution in [0.25, 0.3) is 0 Å². The number of amides is 1. The van der Waals surface area contributed by atoms with E-state index in [9.17, 15) is 4.79 Å². The third-order valence-corrected chi connectivity index (χ3v) is 4.43. The van der Waals surface area contributed by atoms with Crippen LogP contribution in [-0.4, -0.2) is 15.7 Å². The molecule has 1 aromatic heterocycles. The average molecular weight is 338 g/mol. The molecule has 1 N–H and O–H groups in total. The molecule has 0 unspecified atom stereocenters. The normalized spacial score (nSPS) is 10.7. The second kappa shape index (κ2) is 8.48. The number of rotatable bonds is 7. The van der Waals surface area contributed by atoms with Gasteiger partial charge in [-0.25, -0.2) is 0 Å². The lowest BCUT2D eigenvalue weighted by atomic mass is 10.0. The van der Waals surface area contributed by atoms with Gasteiger partial charge in [-0.15, -0.1) is 0 Å². The highest BCUT2D eigenvalue weighted by molar-refractivity contribution is 5.90. The van der Waals surface area contributed by atoms with E-state index in [-0.39, 0.29) is 5.91 Å². The van der Waals surface area contributed by atoms with Crippen LogP contribution in [0, 0.1) is 25.2 Å². The van der Waals surface area contributed by atoms with Crippen molar-refractivity contribution in [1.82, 2.24) is 9.78 Å². The first-order chi connectivity index (χ1) is 11.9. The molecule has 2 aromatic rings. The number of aryl methyl sites for hydroxylation is 2. The maximum atomic E-state index is 12.2. The molecule has 5 nitrogen and oxygen atoms in total. The number of aromatic nitrogens is 2. The van der Waals surface area contributed by atoms with Crippen molar-refractivity contribution in [3.05, 3.63) is 46.8 Å². The second-order valence-corrected chi connectivity index (χ2v) is 6.61. The Kier molecular flexibility index (Phi) is 6.35. The smallest absolute Gasteiger partial charge is 0.224 e. The van der Waals surface area contributed by atoms with Crippen molar-refractivity contribution in [2.45, 2.75) is 59.4 Å². The zero-order valence-electron chi connectivity index (χ0n) is 15.5. The maximum Gasteiger partial charge on any atom is 0.224 e. The minimum atomic E-state index is 0.000807. The fourth-order valence-electron chi connectivity index (χ4n) is 2.88. The fourth-order valence-corrected chi connectivity index (χ4v) is 2.88. The van der Waals surface area contributed by atoms with E-state index in [0.717, 1.165) is 22.6 Å². The predicted octanol–water partition coefficient (Wildman–Crippen LogP) is 4.11. The molecule has 1 heterocycles. The highest BCUT2D eigenvalue weighted by Gasteiger charge is 2.13. The molecule has 1 amide bonds. The lowest BCUT2D eigenvalue weighted by Crippen LogP contribution is -2.13. The van der Waals surface area contributed by atoms with Crippen molar-refractivity contribution in [1.29, 1.82) is 5.26 Å². The Labute approximate surface area is 149 Å². The minimum absolute atomic E-state index is 0.000807. The van der Waals surface area contributed by atoms with Gasteiger partial charge in [0.15, 0.2) is 0 Å². The molecule has 0 saturated heterocycles. The van der Waals surface area contributed by atoms with E-state index in [1.54, 1.807) is 0 Å². The molecule has 0 bridgehead atoms. The molecule has 0 spiro atoms. The Morgan fingerprint density at radius 2 is 1.96 bits per heavy atom. The highest BCUT2D eigenvalue weighted by atomic mass is 16.1. The number of hydrogen-bond donors (Lipinski definition) is 1. The van der Waals surface area contributed by atoms with Crippen LogP contribution in [0.4, 0.5) is 5.69 Å². The zero-order chi connectivity index (χ0) is 18.4. The van der Waals surface area contributed by atoms with Crippen LogP contribution in [0.2, 0.25) is 0 Å². The van der Waals surface area contributed by atoms with E-state index >= 15 is 0 Å². The van der Waals surface area contributed by atoms with Crippen LogP contribution in [0.1, 0.15) is 55.1 Å². The van der Waals surface area contributed by atoms with Crippen LogP contribution >= 0.6 is 0 Å². The largest absolute Gasteiger partial charge is 0.326 e. The first-order valence-electron chi connectivity index (χ1n) is 8.72. The maximum absolute atomic E-state index is 12.2. The number of benzene rings is 1. The van der Waals surface area contributed by atoms with E-state index in [4.69, 9.17) is 5.26 Å². The lowest BCUT2D eigenvalue weighted by Gasteiger charge is -2.09. The van der Waals surface area contributed by atoms with Crippen molar-refractivity contribution in [3.63, 3.8) is 0 Å². The fraction of sp³-hybridized carbons (Fsp3) is 0.450. The Balaban J connectivity index is 1.94. The second-order valence-electron chi connectivity index (χ2n) is 6.61. The van der Waals surface area contributed by atoms with E-state index in [0.29, 0.717) is 31.7 Å². The summed E-state index contributed by atoms with van der Waals surface area (Å²) in [5.74, 6) is 0.481. The molecule has 0 aliphatic carbocycles. The summed E-state index contributed by atoms with van der Waals surface area (Å²) in [6.45, 7) is 8.84. The predicted molar refractivity (Wildman–Crippen MR) is 99.4 cm³/mol. The average Bonchev–Trinajstić information content (AvgIpc) is 2.85. The van der Waals surface area contributed by atoms with Gasteiger partial charge in [0.25, 0.3) is 0 Å². The van der Waals surface area contributed by atoms with Crippen molar-refractivity contribution in [2.24, 2.45) is 0 Å². The third-order valence-electron chi connectivity index (χ3n) is 4.43. The first-order valence-corrected chi connectivity index (χ1v) is 8.72. The SMILES string of the molecule is Cc1nn(CCC#N)c(C)c1CCC(=O)Nc1ccc(C(C)C)cc1. The van der Waals surface area contributed by atoms with Gasteiger partial charge < -0.3 is 5.32 Å². The monoisotopic (exact) mass is 338 g/mol. The van der Waals surface area contributed by atoms with Gasteiger partial charge >= 0.3 is 0 Å². The third kappa shape index (κ3) is 4.93. The number of carbonyl (C=O) groups excluding carboxylic acids is 1. The number of nitriles is 1. The molecule has 0 aliphatic rings. The molecule has 0 atom stereocenters. The molecular weight excluding hydrogens is 312 g/mol. The molecular formula is C20H26N4O. The van der Waals surface area contributed by atoms with Gasteiger partial charge in [0, 0.05) is 17.8 Å². The Bertz CT molecular complexity index is 766. The molecule has 0 fully saturated rings. The summed E-state index contributed by atoms with van der Waals surface area (Å²) in [7, 11) is 0. The van der Waals surface area contributed by atoms with Gasteiger partial charge in [-0.3, -0.25) is 9.48 Å². The van der Waals surface area contributed by atoms with Crippen molar-refractivity contribution in [2.75, 3.05) is 5.32 Å². The van der Waals surface area contributed by atoms with Crippen molar-refractivity contribution in [3.8, 4) is 6.07 Å². The molecule has 132 valence electrons. The van der Waals surface area contributed by atoms with Crippen molar-refractivity contribution < 1.29 is 4.79 Å². The lowest BCUT2D eigenvalue weighted by molar-refractivity contribution is -0.116. The quantitative estimate of drug-likeness (QED) is 0.826. The van der Waals surface area contributed by atoms with Gasteiger partial charge in [-0.1, -0.05) is 26.0 Å². The van der Waals surface area contributed by atoms with Gasteiger partial charge in [0.2, 0.25) is 5.91 Å². The van der Waals surface area contributed by atoms with Gasteiger partial charge in [-0.2, -0.15) is 10.4 Å². The molecule has 0 saturated carbocycles. The van der Waals surface area contributed by atoms with Gasteiger partial charge in [-0.05, 0) is 49.4 Å². The number of nitrogens with one attached hydrogen (secondary N) is 1. The number of carbonyl (C=O) groups is 1. The number of anilines is 1. The Hall–Kier alpha value is -2.61. The van der Waals surface area contributed by atoms with E-state index in [1.807, 2.05) is 42.8 Å². The van der Waals surface area contributed by atoms with Crippen LogP contribution in [-0.2, 0) is 17.8 Å². The molecule has 0 radical (unpaired) electrons. The van der Waals surface area contributed by atoms with Crippen LogP contribution < -0.4 is 5.32 Å². The first kappa shape index (κ1) is 18.7. The topological polar surface area (TPSA) is 70.7 Å². The van der Waals surface area contributed by atoms with Gasteiger partial charge in [0.05, 0.1) is 24.7 Å². The minimum Gasteiger partial charge on any atom is -0.326 e. The van der Waals surface area contributed by atoms with Crippen LogP contribution in [0.15, 0.2) is 24.3 Å². The van der Waals surface area contributed by atoms with E-state index < -0.39 is 0 Å². The standard InChI is InChI=1S/C20H26N4O/c1-14(2)17-6-8-18(9-7-17)22-20(25)11-10-19-15(3)23-24(16(19)4)13-5-12-21/h6-9,14H,5,10-11,13H2,1-4H3,(H,22,25). The van der Waals surface area contributed by atoms with Crippen LogP contribution in [0.3, 0.4) is 0 Å². The summed E-state index contributed by atoms with van der Waals surface area (Å²) < 4.78 is 1.86. The summed E-state index contributed by atoms with van der Waals surface area (Å²) in [5, 5.41) is 16.1. The van der Waals surface area contributed by atoms with Gasteiger partial charge in [0.1, 0.15) is 0 Å². The highest BCUT2D eigenvalue weighted by Crippen LogP contribution is 2.18. The summed E-state index contributed by atoms with van der Waals surface area (Å²) >= 11 is 0. The van der Waals surface area contributed by atoms with Crippen LogP contribution in [0.5, 0.6) is 0 Å². The Morgan fingerprint density at radius 3 is 2.56 bits per heavy atom.